The average molecular weight is 301 g/mol. The zero-order chi connectivity index (χ0) is 15.1. The highest BCUT2D eigenvalue weighted by atomic mass is 32.1. The highest BCUT2D eigenvalue weighted by molar-refractivity contribution is 7.80. The van der Waals surface area contributed by atoms with Crippen LogP contribution in [-0.2, 0) is 9.53 Å². The fourth-order valence-corrected chi connectivity index (χ4v) is 2.49. The highest BCUT2D eigenvalue weighted by Gasteiger charge is 2.25. The van der Waals surface area contributed by atoms with E-state index in [9.17, 15) is 4.79 Å². The van der Waals surface area contributed by atoms with Crippen LogP contribution in [-0.4, -0.2) is 66.1 Å². The van der Waals surface area contributed by atoms with Crippen molar-refractivity contribution in [3.63, 3.8) is 0 Å². The van der Waals surface area contributed by atoms with E-state index in [4.69, 9.17) is 22.7 Å². The zero-order valence-corrected chi connectivity index (χ0v) is 13.6. The van der Waals surface area contributed by atoms with Gasteiger partial charge in [-0.05, 0) is 13.3 Å². The molecule has 1 rings (SSSR count). The molecule has 0 aromatic rings. The third-order valence-corrected chi connectivity index (χ3v) is 3.99. The Labute approximate surface area is 127 Å². The second-order valence-electron chi connectivity index (χ2n) is 5.48. The maximum atomic E-state index is 12.1. The van der Waals surface area contributed by atoms with Crippen LogP contribution in [0, 0.1) is 0 Å². The summed E-state index contributed by atoms with van der Waals surface area (Å²) >= 11 is 4.83. The number of amides is 1. The van der Waals surface area contributed by atoms with Gasteiger partial charge in [-0.15, -0.1) is 0 Å². The first-order chi connectivity index (χ1) is 9.43. The Morgan fingerprint density at radius 2 is 2.20 bits per heavy atom. The first kappa shape index (κ1) is 17.3. The molecule has 1 saturated heterocycles. The van der Waals surface area contributed by atoms with Crippen molar-refractivity contribution in [3.05, 3.63) is 0 Å². The van der Waals surface area contributed by atoms with Gasteiger partial charge in [0.1, 0.15) is 0 Å². The Morgan fingerprint density at radius 3 is 2.80 bits per heavy atom. The molecule has 1 aliphatic rings. The van der Waals surface area contributed by atoms with Gasteiger partial charge in [-0.2, -0.15) is 0 Å². The summed E-state index contributed by atoms with van der Waals surface area (Å²) in [5.74, 6) is 0.148. The molecule has 0 aliphatic carbocycles. The van der Waals surface area contributed by atoms with Crippen molar-refractivity contribution >= 4 is 23.1 Å². The predicted octanol–water partition coefficient (Wildman–Crippen LogP) is 1.01. The first-order valence-electron chi connectivity index (χ1n) is 7.32. The summed E-state index contributed by atoms with van der Waals surface area (Å²) in [6.07, 6.45) is 2.43. The molecular weight excluding hydrogens is 274 g/mol. The van der Waals surface area contributed by atoms with E-state index in [0.717, 1.165) is 26.1 Å². The largest absolute Gasteiger partial charge is 0.393 e. The van der Waals surface area contributed by atoms with Crippen LogP contribution in [0.15, 0.2) is 0 Å². The lowest BCUT2D eigenvalue weighted by molar-refractivity contribution is -0.131. The van der Waals surface area contributed by atoms with E-state index in [0.29, 0.717) is 30.4 Å². The number of morpholine rings is 1. The molecule has 1 heterocycles. The van der Waals surface area contributed by atoms with Gasteiger partial charge in [0.05, 0.1) is 17.7 Å². The third kappa shape index (κ3) is 5.73. The average Bonchev–Trinajstić information content (AvgIpc) is 2.42. The van der Waals surface area contributed by atoms with Crippen molar-refractivity contribution in [2.24, 2.45) is 5.73 Å². The standard InChI is InChI=1S/C14H27N3O2S/c1-4-12-10-19-11(2)9-17(12)8-6-14(18)16(3)7-5-13(15)20/h11-12H,4-10H2,1-3H3,(H2,15,20). The van der Waals surface area contributed by atoms with E-state index in [-0.39, 0.29) is 12.0 Å². The van der Waals surface area contributed by atoms with Crippen molar-refractivity contribution in [2.75, 3.05) is 33.3 Å². The van der Waals surface area contributed by atoms with E-state index < -0.39 is 0 Å². The van der Waals surface area contributed by atoms with Crippen LogP contribution in [0.25, 0.3) is 0 Å². The van der Waals surface area contributed by atoms with E-state index in [1.165, 1.54) is 0 Å². The van der Waals surface area contributed by atoms with Crippen molar-refractivity contribution in [1.82, 2.24) is 9.80 Å². The lowest BCUT2D eigenvalue weighted by Crippen LogP contribution is -2.49. The maximum Gasteiger partial charge on any atom is 0.223 e. The molecule has 0 saturated carbocycles. The fourth-order valence-electron chi connectivity index (χ4n) is 2.40. The second-order valence-corrected chi connectivity index (χ2v) is 6.01. The molecule has 0 bridgehead atoms. The number of thiocarbonyl (C=S) groups is 1. The van der Waals surface area contributed by atoms with Crippen LogP contribution in [0.4, 0.5) is 0 Å². The molecule has 1 fully saturated rings. The summed E-state index contributed by atoms with van der Waals surface area (Å²) in [5, 5.41) is 0. The van der Waals surface area contributed by atoms with Crippen LogP contribution in [0.3, 0.4) is 0 Å². The molecule has 0 spiro atoms. The summed E-state index contributed by atoms with van der Waals surface area (Å²) in [4.78, 5) is 16.6. The summed E-state index contributed by atoms with van der Waals surface area (Å²) in [5.41, 5.74) is 5.45. The minimum Gasteiger partial charge on any atom is -0.393 e. The lowest BCUT2D eigenvalue weighted by Gasteiger charge is -2.38. The second kappa shape index (κ2) is 8.54. The normalized spacial score (nSPS) is 23.6. The molecule has 1 aliphatic heterocycles. The SMILES string of the molecule is CCC1COC(C)CN1CCC(=O)N(C)CCC(N)=S. The molecule has 0 aromatic heterocycles. The summed E-state index contributed by atoms with van der Waals surface area (Å²) in [6, 6.07) is 0.431. The van der Waals surface area contributed by atoms with Gasteiger partial charge < -0.3 is 15.4 Å². The molecule has 2 unspecified atom stereocenters. The number of nitrogens with two attached hydrogens (primary N) is 1. The van der Waals surface area contributed by atoms with Gasteiger partial charge in [-0.1, -0.05) is 19.1 Å². The summed E-state index contributed by atoms with van der Waals surface area (Å²) < 4.78 is 5.67. The van der Waals surface area contributed by atoms with Crippen LogP contribution in [0.5, 0.6) is 0 Å². The van der Waals surface area contributed by atoms with Crippen molar-refractivity contribution in [3.8, 4) is 0 Å². The fraction of sp³-hybridized carbons (Fsp3) is 0.857. The Hall–Kier alpha value is -0.720. The number of hydrogen-bond acceptors (Lipinski definition) is 4. The number of hydrogen-bond donors (Lipinski definition) is 1. The molecule has 0 aromatic carbocycles. The quantitative estimate of drug-likeness (QED) is 0.711. The third-order valence-electron chi connectivity index (χ3n) is 3.78. The van der Waals surface area contributed by atoms with Gasteiger partial charge in [0.2, 0.25) is 5.91 Å². The number of ether oxygens (including phenoxy) is 1. The number of nitrogens with zero attached hydrogens (tertiary/aromatic N) is 2. The van der Waals surface area contributed by atoms with Gasteiger partial charge in [-0.25, -0.2) is 0 Å². The highest BCUT2D eigenvalue weighted by Crippen LogP contribution is 2.14. The molecule has 20 heavy (non-hydrogen) atoms. The Morgan fingerprint density at radius 1 is 1.50 bits per heavy atom. The van der Waals surface area contributed by atoms with Gasteiger partial charge >= 0.3 is 0 Å². The van der Waals surface area contributed by atoms with Crippen LogP contribution >= 0.6 is 12.2 Å². The molecule has 0 radical (unpaired) electrons. The minimum absolute atomic E-state index is 0.148. The summed E-state index contributed by atoms with van der Waals surface area (Å²) in [6.45, 7) is 7.31. The van der Waals surface area contributed by atoms with Gasteiger partial charge in [0.25, 0.3) is 0 Å². The molecular formula is C14H27N3O2S. The molecule has 1 amide bonds. The monoisotopic (exact) mass is 301 g/mol. The minimum atomic E-state index is 0.148. The molecule has 5 nitrogen and oxygen atoms in total. The van der Waals surface area contributed by atoms with E-state index in [1.807, 2.05) is 0 Å². The summed E-state index contributed by atoms with van der Waals surface area (Å²) in [7, 11) is 1.81. The van der Waals surface area contributed by atoms with E-state index >= 15 is 0 Å². The molecule has 6 heteroatoms. The molecule has 116 valence electrons. The predicted molar refractivity (Wildman–Crippen MR) is 84.7 cm³/mol. The molecule has 2 atom stereocenters. The number of rotatable bonds is 7. The lowest BCUT2D eigenvalue weighted by atomic mass is 10.1. The van der Waals surface area contributed by atoms with Gasteiger partial charge in [0, 0.05) is 45.6 Å². The van der Waals surface area contributed by atoms with E-state index in [2.05, 4.69) is 18.7 Å². The van der Waals surface area contributed by atoms with Gasteiger partial charge in [0.15, 0.2) is 0 Å². The van der Waals surface area contributed by atoms with Crippen molar-refractivity contribution in [1.29, 1.82) is 0 Å². The topological polar surface area (TPSA) is 58.8 Å². The maximum absolute atomic E-state index is 12.1. The smallest absolute Gasteiger partial charge is 0.223 e. The Bertz CT molecular complexity index is 338. The number of carbonyl (C=O) groups excluding carboxylic acids is 1. The zero-order valence-electron chi connectivity index (χ0n) is 12.8. The number of carbonyl (C=O) groups is 1. The first-order valence-corrected chi connectivity index (χ1v) is 7.72. The van der Waals surface area contributed by atoms with Crippen molar-refractivity contribution in [2.45, 2.75) is 45.3 Å². The van der Waals surface area contributed by atoms with Gasteiger partial charge in [-0.3, -0.25) is 9.69 Å². The van der Waals surface area contributed by atoms with Crippen molar-refractivity contribution < 1.29 is 9.53 Å². The van der Waals surface area contributed by atoms with Crippen LogP contribution < -0.4 is 5.73 Å². The Balaban J connectivity index is 2.36. The Kier molecular flexibility index (Phi) is 7.40. The van der Waals surface area contributed by atoms with E-state index in [1.54, 1.807) is 11.9 Å². The van der Waals surface area contributed by atoms with Crippen LogP contribution in [0.2, 0.25) is 0 Å². The van der Waals surface area contributed by atoms with Crippen LogP contribution in [0.1, 0.15) is 33.1 Å². The molecule has 2 N–H and O–H groups in total.